The van der Waals surface area contributed by atoms with Gasteiger partial charge in [-0.25, -0.2) is 4.98 Å². The fourth-order valence-corrected chi connectivity index (χ4v) is 3.24. The van der Waals surface area contributed by atoms with Gasteiger partial charge in [0.25, 0.3) is 5.91 Å². The average molecular weight is 342 g/mol. The minimum Gasteiger partial charge on any atom is -0.497 e. The van der Waals surface area contributed by atoms with E-state index in [1.54, 1.807) is 24.1 Å². The molecule has 1 aliphatic rings. The van der Waals surface area contributed by atoms with Gasteiger partial charge >= 0.3 is 0 Å². The van der Waals surface area contributed by atoms with Crippen molar-refractivity contribution in [3.8, 4) is 11.6 Å². The van der Waals surface area contributed by atoms with Crippen LogP contribution in [0, 0.1) is 6.92 Å². The second-order valence-electron chi connectivity index (χ2n) is 6.18. The second-order valence-corrected chi connectivity index (χ2v) is 6.18. The summed E-state index contributed by atoms with van der Waals surface area (Å²) in [6.07, 6.45) is -0.0508. The molecule has 25 heavy (non-hydrogen) atoms. The normalized spacial score (nSPS) is 19.8. The summed E-state index contributed by atoms with van der Waals surface area (Å²) in [6.45, 7) is 2.11. The highest BCUT2D eigenvalue weighted by Gasteiger charge is 2.36. The molecule has 1 fully saturated rings. The van der Waals surface area contributed by atoms with Crippen molar-refractivity contribution in [2.24, 2.45) is 0 Å². The molecule has 2 heterocycles. The summed E-state index contributed by atoms with van der Waals surface area (Å²) in [4.78, 5) is 19.0. The Labute approximate surface area is 147 Å². The van der Waals surface area contributed by atoms with Gasteiger partial charge in [-0.1, -0.05) is 12.1 Å². The lowest BCUT2D eigenvalue weighted by Crippen LogP contribution is -2.32. The predicted molar refractivity (Wildman–Crippen MR) is 92.9 cm³/mol. The summed E-state index contributed by atoms with van der Waals surface area (Å²) < 4.78 is 10.4. The molecule has 1 aliphatic heterocycles. The van der Waals surface area contributed by atoms with E-state index in [9.17, 15) is 9.90 Å². The fraction of sp³-hybridized carbons (Fsp3) is 0.368. The molecule has 0 saturated carbocycles. The Morgan fingerprint density at radius 3 is 2.76 bits per heavy atom. The molecular formula is C19H22N2O4. The SMILES string of the molecule is COc1cccc([C@@H]2C[C@@H](O)CN2C(=O)c2cc(C)nc(OC)c2)c1. The quantitative estimate of drug-likeness (QED) is 0.923. The molecule has 0 unspecified atom stereocenters. The van der Waals surface area contributed by atoms with Crippen molar-refractivity contribution < 1.29 is 19.4 Å². The van der Waals surface area contributed by atoms with Crippen LogP contribution in [0.5, 0.6) is 11.6 Å². The van der Waals surface area contributed by atoms with Crippen LogP contribution in [0.15, 0.2) is 36.4 Å². The minimum absolute atomic E-state index is 0.145. The van der Waals surface area contributed by atoms with Gasteiger partial charge in [-0.2, -0.15) is 0 Å². The molecule has 1 amide bonds. The molecule has 1 saturated heterocycles. The Balaban J connectivity index is 1.93. The minimum atomic E-state index is -0.551. The molecule has 2 aromatic rings. The van der Waals surface area contributed by atoms with Gasteiger partial charge in [0.15, 0.2) is 0 Å². The summed E-state index contributed by atoms with van der Waals surface area (Å²) in [5.74, 6) is 0.988. The van der Waals surface area contributed by atoms with E-state index in [4.69, 9.17) is 9.47 Å². The molecule has 6 nitrogen and oxygen atoms in total. The van der Waals surface area contributed by atoms with Gasteiger partial charge in [-0.15, -0.1) is 0 Å². The van der Waals surface area contributed by atoms with Gasteiger partial charge in [0.05, 0.1) is 26.4 Å². The standard InChI is InChI=1S/C19H22N2O4/c1-12-7-14(9-18(20-12)25-3)19(23)21-11-15(22)10-17(21)13-5-4-6-16(8-13)24-2/h4-9,15,17,22H,10-11H2,1-3H3/t15-,17+/m1/s1. The average Bonchev–Trinajstić information content (AvgIpc) is 3.02. The van der Waals surface area contributed by atoms with Crippen molar-refractivity contribution >= 4 is 5.91 Å². The maximum atomic E-state index is 13.1. The number of hydrogen-bond acceptors (Lipinski definition) is 5. The Hall–Kier alpha value is -2.60. The molecule has 1 aromatic carbocycles. The van der Waals surface area contributed by atoms with Crippen LogP contribution in [0.4, 0.5) is 0 Å². The maximum absolute atomic E-state index is 13.1. The zero-order valence-corrected chi connectivity index (χ0v) is 14.6. The first-order chi connectivity index (χ1) is 12.0. The monoisotopic (exact) mass is 342 g/mol. The molecule has 0 spiro atoms. The number of nitrogens with zero attached hydrogens (tertiary/aromatic N) is 2. The number of pyridine rings is 1. The summed E-state index contributed by atoms with van der Waals surface area (Å²) >= 11 is 0. The molecule has 0 aliphatic carbocycles. The van der Waals surface area contributed by atoms with Gasteiger partial charge in [-0.3, -0.25) is 4.79 Å². The number of ether oxygens (including phenoxy) is 2. The molecule has 3 rings (SSSR count). The third-order valence-corrected chi connectivity index (χ3v) is 4.40. The molecule has 2 atom stereocenters. The third-order valence-electron chi connectivity index (χ3n) is 4.40. The zero-order chi connectivity index (χ0) is 18.0. The number of aryl methyl sites for hydroxylation is 1. The van der Waals surface area contributed by atoms with Crippen LogP contribution >= 0.6 is 0 Å². The van der Waals surface area contributed by atoms with Crippen molar-refractivity contribution in [3.63, 3.8) is 0 Å². The number of rotatable bonds is 4. The largest absolute Gasteiger partial charge is 0.497 e. The number of benzene rings is 1. The number of methoxy groups -OCH3 is 2. The number of hydrogen-bond donors (Lipinski definition) is 1. The van der Waals surface area contributed by atoms with Gasteiger partial charge in [0.2, 0.25) is 5.88 Å². The van der Waals surface area contributed by atoms with Crippen LogP contribution in [-0.2, 0) is 0 Å². The van der Waals surface area contributed by atoms with E-state index in [1.807, 2.05) is 31.2 Å². The molecule has 0 radical (unpaired) electrons. The summed E-state index contributed by atoms with van der Waals surface area (Å²) in [5.41, 5.74) is 2.16. The van der Waals surface area contributed by atoms with E-state index in [0.717, 1.165) is 11.3 Å². The van der Waals surface area contributed by atoms with E-state index >= 15 is 0 Å². The topological polar surface area (TPSA) is 71.9 Å². The number of carbonyl (C=O) groups excluding carboxylic acids is 1. The Bertz CT molecular complexity index is 778. The molecule has 132 valence electrons. The van der Waals surface area contributed by atoms with Gasteiger partial charge in [0.1, 0.15) is 5.75 Å². The first-order valence-corrected chi connectivity index (χ1v) is 8.17. The van der Waals surface area contributed by atoms with Crippen molar-refractivity contribution in [3.05, 3.63) is 53.2 Å². The molecule has 0 bridgehead atoms. The summed E-state index contributed by atoms with van der Waals surface area (Å²) in [7, 11) is 3.13. The van der Waals surface area contributed by atoms with Crippen molar-refractivity contribution in [2.75, 3.05) is 20.8 Å². The van der Waals surface area contributed by atoms with Crippen LogP contribution in [0.1, 0.15) is 34.1 Å². The highest BCUT2D eigenvalue weighted by molar-refractivity contribution is 5.95. The number of amides is 1. The number of aromatic nitrogens is 1. The Morgan fingerprint density at radius 1 is 1.24 bits per heavy atom. The first kappa shape index (κ1) is 17.2. The van der Waals surface area contributed by atoms with E-state index in [0.29, 0.717) is 30.1 Å². The van der Waals surface area contributed by atoms with Crippen molar-refractivity contribution in [2.45, 2.75) is 25.5 Å². The van der Waals surface area contributed by atoms with Crippen LogP contribution in [0.3, 0.4) is 0 Å². The second kappa shape index (κ2) is 7.11. The van der Waals surface area contributed by atoms with Crippen LogP contribution in [-0.4, -0.2) is 47.8 Å². The summed E-state index contributed by atoms with van der Waals surface area (Å²) in [6, 6.07) is 10.8. The highest BCUT2D eigenvalue weighted by Crippen LogP contribution is 2.35. The van der Waals surface area contributed by atoms with Crippen LogP contribution in [0.2, 0.25) is 0 Å². The summed E-state index contributed by atoms with van der Waals surface area (Å²) in [5, 5.41) is 10.1. The number of aliphatic hydroxyl groups is 1. The molecule has 6 heteroatoms. The lowest BCUT2D eigenvalue weighted by atomic mass is 10.0. The number of carbonyl (C=O) groups is 1. The molecule has 1 N–H and O–H groups in total. The number of β-amino-alcohol motifs (C(OH)–C–C–N with tert-alkyl or cyclic N) is 1. The Kier molecular flexibility index (Phi) is 4.90. The predicted octanol–water partition coefficient (Wildman–Crippen LogP) is 2.36. The fourth-order valence-electron chi connectivity index (χ4n) is 3.24. The lowest BCUT2D eigenvalue weighted by Gasteiger charge is -2.25. The van der Waals surface area contributed by atoms with Gasteiger partial charge in [-0.05, 0) is 37.1 Å². The van der Waals surface area contributed by atoms with Gasteiger partial charge < -0.3 is 19.5 Å². The zero-order valence-electron chi connectivity index (χ0n) is 14.6. The van der Waals surface area contributed by atoms with E-state index in [-0.39, 0.29) is 11.9 Å². The number of likely N-dealkylation sites (tertiary alicyclic amines) is 1. The van der Waals surface area contributed by atoms with Crippen LogP contribution < -0.4 is 9.47 Å². The van der Waals surface area contributed by atoms with E-state index in [2.05, 4.69) is 4.98 Å². The van der Waals surface area contributed by atoms with Crippen molar-refractivity contribution in [1.82, 2.24) is 9.88 Å². The molecule has 1 aromatic heterocycles. The van der Waals surface area contributed by atoms with E-state index < -0.39 is 6.10 Å². The first-order valence-electron chi connectivity index (χ1n) is 8.17. The number of aliphatic hydroxyl groups excluding tert-OH is 1. The van der Waals surface area contributed by atoms with Crippen LogP contribution in [0.25, 0.3) is 0 Å². The van der Waals surface area contributed by atoms with Gasteiger partial charge in [0, 0.05) is 23.9 Å². The highest BCUT2D eigenvalue weighted by atomic mass is 16.5. The smallest absolute Gasteiger partial charge is 0.254 e. The lowest BCUT2D eigenvalue weighted by molar-refractivity contribution is 0.0715. The van der Waals surface area contributed by atoms with E-state index in [1.165, 1.54) is 7.11 Å². The molecular weight excluding hydrogens is 320 g/mol. The maximum Gasteiger partial charge on any atom is 0.254 e. The Morgan fingerprint density at radius 2 is 2.04 bits per heavy atom. The van der Waals surface area contributed by atoms with Crippen molar-refractivity contribution in [1.29, 1.82) is 0 Å². The third kappa shape index (κ3) is 3.58.